The van der Waals surface area contributed by atoms with Gasteiger partial charge in [0.05, 0.1) is 0 Å². The molecule has 4 aromatic rings. The molecule has 1 heterocycles. The van der Waals surface area contributed by atoms with E-state index in [4.69, 9.17) is 9.47 Å². The number of rotatable bonds is 2. The van der Waals surface area contributed by atoms with Crippen LogP contribution in [0.15, 0.2) is 84.9 Å². The fourth-order valence-corrected chi connectivity index (χ4v) is 4.55. The maximum absolute atomic E-state index is 6.04. The molecule has 146 valence electrons. The Bertz CT molecular complexity index is 1310. The first-order valence-corrected chi connectivity index (χ1v) is 10.2. The van der Waals surface area contributed by atoms with Crippen LogP contribution in [-0.2, 0) is 5.41 Å². The third-order valence-corrected chi connectivity index (χ3v) is 6.10. The zero-order chi connectivity index (χ0) is 20.3. The molecule has 4 aromatic carbocycles. The van der Waals surface area contributed by atoms with Crippen LogP contribution in [0, 0.1) is 0 Å². The van der Waals surface area contributed by atoms with Gasteiger partial charge in [-0.1, -0.05) is 56.3 Å². The van der Waals surface area contributed by atoms with Crippen molar-refractivity contribution in [2.24, 2.45) is 0 Å². The fourth-order valence-electron chi connectivity index (χ4n) is 4.55. The maximum atomic E-state index is 6.04. The van der Waals surface area contributed by atoms with Gasteiger partial charge < -0.3 is 14.8 Å². The first-order chi connectivity index (χ1) is 14.6. The molecule has 0 spiro atoms. The number of fused-ring (bicyclic) bond motifs is 5. The van der Waals surface area contributed by atoms with Crippen molar-refractivity contribution in [3.05, 3.63) is 96.1 Å². The summed E-state index contributed by atoms with van der Waals surface area (Å²) in [6, 6.07) is 29.0. The summed E-state index contributed by atoms with van der Waals surface area (Å²) in [5.74, 6) is 2.92. The quantitative estimate of drug-likeness (QED) is 0.335. The summed E-state index contributed by atoms with van der Waals surface area (Å²) in [5.41, 5.74) is 7.40. The number of hydrogen-bond acceptors (Lipinski definition) is 3. The van der Waals surface area contributed by atoms with E-state index in [1.165, 1.54) is 22.3 Å². The van der Waals surface area contributed by atoms with Gasteiger partial charge in [-0.2, -0.15) is 0 Å². The third-order valence-electron chi connectivity index (χ3n) is 6.10. The average molecular weight is 391 g/mol. The van der Waals surface area contributed by atoms with Gasteiger partial charge in [-0.05, 0) is 58.7 Å². The van der Waals surface area contributed by atoms with Crippen molar-refractivity contribution in [2.45, 2.75) is 19.3 Å². The van der Waals surface area contributed by atoms with Crippen molar-refractivity contribution in [3.8, 4) is 34.1 Å². The van der Waals surface area contributed by atoms with Gasteiger partial charge in [0.2, 0.25) is 0 Å². The Morgan fingerprint density at radius 2 is 1.17 bits per heavy atom. The van der Waals surface area contributed by atoms with Crippen molar-refractivity contribution in [2.75, 3.05) is 5.32 Å². The molecule has 0 aromatic heterocycles. The van der Waals surface area contributed by atoms with Crippen LogP contribution in [0.4, 0.5) is 11.4 Å². The molecule has 0 saturated heterocycles. The van der Waals surface area contributed by atoms with Crippen molar-refractivity contribution < 1.29 is 9.47 Å². The van der Waals surface area contributed by atoms with Crippen LogP contribution >= 0.6 is 0 Å². The topological polar surface area (TPSA) is 30.5 Å². The van der Waals surface area contributed by atoms with Gasteiger partial charge in [0.1, 0.15) is 0 Å². The summed E-state index contributed by atoms with van der Waals surface area (Å²) in [7, 11) is 0. The SMILES string of the molecule is CC1(C)c2ccccc2-c2ccc(Nc3ccc4c(c3)Oc3ccccc3O4)cc21. The predicted octanol–water partition coefficient (Wildman–Crippen LogP) is 7.63. The normalized spacial score (nSPS) is 14.5. The Labute approximate surface area is 175 Å². The van der Waals surface area contributed by atoms with Gasteiger partial charge in [0.15, 0.2) is 23.0 Å². The lowest BCUT2D eigenvalue weighted by Gasteiger charge is -2.22. The minimum absolute atomic E-state index is 0.0138. The van der Waals surface area contributed by atoms with Crippen molar-refractivity contribution in [1.82, 2.24) is 0 Å². The summed E-state index contributed by atoms with van der Waals surface area (Å²) < 4.78 is 12.0. The standard InChI is InChI=1S/C27H21NO2/c1-27(2)21-8-4-3-7-19(21)20-13-11-17(15-22(20)27)28-18-12-14-25-26(16-18)30-24-10-6-5-9-23(24)29-25/h3-16,28H,1-2H3. The third kappa shape index (κ3) is 2.52. The molecular formula is C27H21NO2. The molecule has 0 radical (unpaired) electrons. The Balaban J connectivity index is 1.33. The first-order valence-electron chi connectivity index (χ1n) is 10.2. The van der Waals surface area contributed by atoms with Crippen LogP contribution < -0.4 is 14.8 Å². The van der Waals surface area contributed by atoms with E-state index in [1.807, 2.05) is 42.5 Å². The number of para-hydroxylation sites is 2. The van der Waals surface area contributed by atoms with Gasteiger partial charge >= 0.3 is 0 Å². The molecule has 1 N–H and O–H groups in total. The molecule has 0 atom stereocenters. The van der Waals surface area contributed by atoms with E-state index in [0.717, 1.165) is 28.6 Å². The second-order valence-corrected chi connectivity index (χ2v) is 8.37. The highest BCUT2D eigenvalue weighted by molar-refractivity contribution is 5.83. The van der Waals surface area contributed by atoms with E-state index in [2.05, 4.69) is 61.6 Å². The number of ether oxygens (including phenoxy) is 2. The molecule has 30 heavy (non-hydrogen) atoms. The maximum Gasteiger partial charge on any atom is 0.172 e. The Kier molecular flexibility index (Phi) is 3.51. The number of nitrogens with one attached hydrogen (secondary N) is 1. The smallest absolute Gasteiger partial charge is 0.172 e. The molecule has 6 rings (SSSR count). The van der Waals surface area contributed by atoms with Crippen LogP contribution in [0.25, 0.3) is 11.1 Å². The average Bonchev–Trinajstić information content (AvgIpc) is 2.99. The molecular weight excluding hydrogens is 370 g/mol. The van der Waals surface area contributed by atoms with Gasteiger partial charge in [-0.15, -0.1) is 0 Å². The highest BCUT2D eigenvalue weighted by atomic mass is 16.6. The second kappa shape index (κ2) is 6.14. The molecule has 1 aliphatic carbocycles. The summed E-state index contributed by atoms with van der Waals surface area (Å²) in [4.78, 5) is 0. The lowest BCUT2D eigenvalue weighted by atomic mass is 9.82. The second-order valence-electron chi connectivity index (χ2n) is 8.37. The van der Waals surface area contributed by atoms with Crippen LogP contribution in [0.1, 0.15) is 25.0 Å². The minimum atomic E-state index is -0.0138. The molecule has 0 amide bonds. The number of anilines is 2. The molecule has 3 heteroatoms. The summed E-state index contributed by atoms with van der Waals surface area (Å²) >= 11 is 0. The van der Waals surface area contributed by atoms with Crippen molar-refractivity contribution in [3.63, 3.8) is 0 Å². The van der Waals surface area contributed by atoms with Crippen LogP contribution in [0.5, 0.6) is 23.0 Å². The predicted molar refractivity (Wildman–Crippen MR) is 120 cm³/mol. The minimum Gasteiger partial charge on any atom is -0.450 e. The van der Waals surface area contributed by atoms with Gasteiger partial charge in [0, 0.05) is 22.9 Å². The Morgan fingerprint density at radius 1 is 0.567 bits per heavy atom. The summed E-state index contributed by atoms with van der Waals surface area (Å²) in [6.45, 7) is 4.59. The molecule has 0 unspecified atom stereocenters. The largest absolute Gasteiger partial charge is 0.450 e. The molecule has 1 aliphatic heterocycles. The van der Waals surface area contributed by atoms with Crippen LogP contribution in [-0.4, -0.2) is 0 Å². The van der Waals surface area contributed by atoms with Gasteiger partial charge in [0.25, 0.3) is 0 Å². The molecule has 0 fully saturated rings. The fraction of sp³-hybridized carbons (Fsp3) is 0.111. The van der Waals surface area contributed by atoms with Crippen LogP contribution in [0.3, 0.4) is 0 Å². The molecule has 0 saturated carbocycles. The van der Waals surface area contributed by atoms with E-state index in [1.54, 1.807) is 0 Å². The zero-order valence-corrected chi connectivity index (χ0v) is 16.9. The van der Waals surface area contributed by atoms with Crippen LogP contribution in [0.2, 0.25) is 0 Å². The van der Waals surface area contributed by atoms with Gasteiger partial charge in [-0.25, -0.2) is 0 Å². The highest BCUT2D eigenvalue weighted by Crippen LogP contribution is 2.50. The molecule has 3 nitrogen and oxygen atoms in total. The van der Waals surface area contributed by atoms with Gasteiger partial charge in [-0.3, -0.25) is 0 Å². The lowest BCUT2D eigenvalue weighted by Crippen LogP contribution is -2.15. The first kappa shape index (κ1) is 17.2. The number of benzene rings is 4. The van der Waals surface area contributed by atoms with E-state index < -0.39 is 0 Å². The highest BCUT2D eigenvalue weighted by Gasteiger charge is 2.35. The lowest BCUT2D eigenvalue weighted by molar-refractivity contribution is 0.360. The van der Waals surface area contributed by atoms with Crippen molar-refractivity contribution in [1.29, 1.82) is 0 Å². The Hall–Kier alpha value is -3.72. The number of hydrogen-bond donors (Lipinski definition) is 1. The monoisotopic (exact) mass is 391 g/mol. The van der Waals surface area contributed by atoms with E-state index >= 15 is 0 Å². The zero-order valence-electron chi connectivity index (χ0n) is 16.9. The molecule has 2 aliphatic rings. The summed E-state index contributed by atoms with van der Waals surface area (Å²) in [5, 5.41) is 3.54. The van der Waals surface area contributed by atoms with E-state index in [9.17, 15) is 0 Å². The summed E-state index contributed by atoms with van der Waals surface area (Å²) in [6.07, 6.45) is 0. The van der Waals surface area contributed by atoms with E-state index in [-0.39, 0.29) is 5.41 Å². The van der Waals surface area contributed by atoms with Crippen molar-refractivity contribution >= 4 is 11.4 Å². The van der Waals surface area contributed by atoms with E-state index in [0.29, 0.717) is 5.75 Å². The molecule has 0 bridgehead atoms. The Morgan fingerprint density at radius 3 is 2.00 bits per heavy atom.